The SMILES string of the molecule is CSC(=Nc1c(C)cc(C#N)cc1Br)NC#N. The van der Waals surface area contributed by atoms with Crippen molar-refractivity contribution in [2.24, 2.45) is 4.99 Å². The van der Waals surface area contributed by atoms with Gasteiger partial charge in [0.15, 0.2) is 11.4 Å². The van der Waals surface area contributed by atoms with Gasteiger partial charge in [0.05, 0.1) is 17.3 Å². The summed E-state index contributed by atoms with van der Waals surface area (Å²) in [5.41, 5.74) is 2.17. The number of amidine groups is 1. The number of thioether (sulfide) groups is 1. The van der Waals surface area contributed by atoms with Gasteiger partial charge in [-0.3, -0.25) is 5.32 Å². The van der Waals surface area contributed by atoms with E-state index >= 15 is 0 Å². The van der Waals surface area contributed by atoms with Crippen LogP contribution in [0.2, 0.25) is 0 Å². The van der Waals surface area contributed by atoms with Gasteiger partial charge in [-0.15, -0.1) is 0 Å². The van der Waals surface area contributed by atoms with Crippen LogP contribution in [0, 0.1) is 29.7 Å². The normalized spacial score (nSPS) is 10.5. The first-order valence-corrected chi connectivity index (χ1v) is 6.62. The Kier molecular flexibility index (Phi) is 5.02. The van der Waals surface area contributed by atoms with Crippen LogP contribution in [0.25, 0.3) is 0 Å². The Hall–Kier alpha value is -1.50. The summed E-state index contributed by atoms with van der Waals surface area (Å²) in [6.45, 7) is 1.87. The fourth-order valence-corrected chi connectivity index (χ4v) is 2.19. The minimum absolute atomic E-state index is 0.515. The molecule has 0 aliphatic carbocycles. The number of halogens is 1. The quantitative estimate of drug-likeness (QED) is 0.374. The van der Waals surface area contributed by atoms with Gasteiger partial charge in [0.1, 0.15) is 0 Å². The highest BCUT2D eigenvalue weighted by Gasteiger charge is 2.07. The fourth-order valence-electron chi connectivity index (χ4n) is 1.22. The second-order valence-corrected chi connectivity index (χ2v) is 4.74. The van der Waals surface area contributed by atoms with E-state index in [1.807, 2.05) is 19.4 Å². The van der Waals surface area contributed by atoms with Gasteiger partial charge in [0.2, 0.25) is 0 Å². The lowest BCUT2D eigenvalue weighted by atomic mass is 10.1. The van der Waals surface area contributed by atoms with Gasteiger partial charge < -0.3 is 0 Å². The summed E-state index contributed by atoms with van der Waals surface area (Å²) < 4.78 is 0.736. The Morgan fingerprint density at radius 2 is 2.18 bits per heavy atom. The Bertz CT molecular complexity index is 516. The average molecular weight is 309 g/mol. The van der Waals surface area contributed by atoms with Crippen molar-refractivity contribution in [1.29, 1.82) is 10.5 Å². The van der Waals surface area contributed by atoms with Crippen LogP contribution in [0.4, 0.5) is 5.69 Å². The molecule has 86 valence electrons. The van der Waals surface area contributed by atoms with Gasteiger partial charge in [-0.1, -0.05) is 11.8 Å². The number of nitrogens with one attached hydrogen (secondary N) is 1. The highest BCUT2D eigenvalue weighted by molar-refractivity contribution is 9.10. The van der Waals surface area contributed by atoms with Crippen molar-refractivity contribution in [1.82, 2.24) is 5.32 Å². The van der Waals surface area contributed by atoms with E-state index in [1.165, 1.54) is 11.8 Å². The van der Waals surface area contributed by atoms with Crippen LogP contribution in [0.1, 0.15) is 11.1 Å². The van der Waals surface area contributed by atoms with E-state index in [0.717, 1.165) is 15.7 Å². The first-order chi connectivity index (χ1) is 8.12. The standard InChI is InChI=1S/C11H9BrN4S/c1-7-3-8(5-13)4-9(12)10(7)16-11(17-2)15-6-14/h3-4H,1-2H3,(H,15,16). The predicted octanol–water partition coefficient (Wildman–Crippen LogP) is 3.05. The molecular weight excluding hydrogens is 300 g/mol. The molecule has 0 aliphatic rings. The van der Waals surface area contributed by atoms with E-state index in [-0.39, 0.29) is 0 Å². The molecule has 4 nitrogen and oxygen atoms in total. The van der Waals surface area contributed by atoms with Crippen LogP contribution >= 0.6 is 27.7 Å². The fraction of sp³-hybridized carbons (Fsp3) is 0.182. The molecule has 0 bridgehead atoms. The van der Waals surface area contributed by atoms with E-state index in [2.05, 4.69) is 32.3 Å². The van der Waals surface area contributed by atoms with Crippen LogP contribution in [-0.2, 0) is 0 Å². The third-order valence-corrected chi connectivity index (χ3v) is 3.14. The lowest BCUT2D eigenvalue weighted by molar-refractivity contribution is 1.26. The van der Waals surface area contributed by atoms with Gasteiger partial charge >= 0.3 is 0 Å². The summed E-state index contributed by atoms with van der Waals surface area (Å²) in [5.74, 6) is 0. The van der Waals surface area contributed by atoms with Crippen molar-refractivity contribution in [2.45, 2.75) is 6.92 Å². The van der Waals surface area contributed by atoms with Gasteiger partial charge in [0, 0.05) is 4.47 Å². The number of benzene rings is 1. The largest absolute Gasteiger partial charge is 0.271 e. The van der Waals surface area contributed by atoms with Crippen LogP contribution in [-0.4, -0.2) is 11.4 Å². The zero-order valence-electron chi connectivity index (χ0n) is 9.28. The minimum Gasteiger partial charge on any atom is -0.271 e. The maximum Gasteiger partial charge on any atom is 0.183 e. The first-order valence-electron chi connectivity index (χ1n) is 4.60. The lowest BCUT2D eigenvalue weighted by Gasteiger charge is -2.06. The van der Waals surface area contributed by atoms with Crippen LogP contribution < -0.4 is 5.32 Å². The molecule has 0 saturated heterocycles. The highest BCUT2D eigenvalue weighted by atomic mass is 79.9. The van der Waals surface area contributed by atoms with Crippen LogP contribution in [0.15, 0.2) is 21.6 Å². The molecule has 0 spiro atoms. The Labute approximate surface area is 112 Å². The molecule has 1 N–H and O–H groups in total. The first kappa shape index (κ1) is 13.6. The molecule has 0 heterocycles. The van der Waals surface area contributed by atoms with Crippen molar-refractivity contribution in [2.75, 3.05) is 6.26 Å². The predicted molar refractivity (Wildman–Crippen MR) is 73.0 cm³/mol. The molecule has 17 heavy (non-hydrogen) atoms. The third-order valence-electron chi connectivity index (χ3n) is 1.95. The number of rotatable bonds is 1. The molecule has 0 aromatic heterocycles. The number of nitriles is 2. The molecular formula is C11H9BrN4S. The molecule has 1 aromatic carbocycles. The van der Waals surface area contributed by atoms with Crippen molar-refractivity contribution in [3.63, 3.8) is 0 Å². The Morgan fingerprint density at radius 1 is 1.47 bits per heavy atom. The zero-order valence-corrected chi connectivity index (χ0v) is 11.7. The van der Waals surface area contributed by atoms with Gasteiger partial charge in [0.25, 0.3) is 0 Å². The Balaban J connectivity index is 3.25. The smallest absolute Gasteiger partial charge is 0.183 e. The summed E-state index contributed by atoms with van der Waals surface area (Å²) in [6, 6.07) is 5.54. The van der Waals surface area contributed by atoms with Gasteiger partial charge in [-0.25, -0.2) is 4.99 Å². The monoisotopic (exact) mass is 308 g/mol. The van der Waals surface area contributed by atoms with E-state index in [4.69, 9.17) is 10.5 Å². The summed E-state index contributed by atoms with van der Waals surface area (Å²) in [7, 11) is 0. The third kappa shape index (κ3) is 3.48. The molecule has 0 radical (unpaired) electrons. The van der Waals surface area contributed by atoms with Crippen molar-refractivity contribution >= 4 is 38.5 Å². The molecule has 1 aromatic rings. The summed E-state index contributed by atoms with van der Waals surface area (Å²) in [5, 5.41) is 20.4. The number of hydrogen-bond acceptors (Lipinski definition) is 4. The maximum absolute atomic E-state index is 8.82. The summed E-state index contributed by atoms with van der Waals surface area (Å²) in [6.07, 6.45) is 3.66. The molecule has 0 fully saturated rings. The second-order valence-electron chi connectivity index (χ2n) is 3.09. The topological polar surface area (TPSA) is 72.0 Å². The van der Waals surface area contributed by atoms with Crippen molar-refractivity contribution in [3.8, 4) is 12.3 Å². The van der Waals surface area contributed by atoms with Gasteiger partial charge in [-0.2, -0.15) is 10.5 Å². The lowest BCUT2D eigenvalue weighted by Crippen LogP contribution is -2.12. The number of nitrogens with zero attached hydrogens (tertiary/aromatic N) is 3. The molecule has 0 atom stereocenters. The van der Waals surface area contributed by atoms with E-state index < -0.39 is 0 Å². The summed E-state index contributed by atoms with van der Waals surface area (Å²) in [4.78, 5) is 4.33. The average Bonchev–Trinajstić information content (AvgIpc) is 2.31. The minimum atomic E-state index is 0.515. The second kappa shape index (κ2) is 6.29. The van der Waals surface area contributed by atoms with E-state index in [1.54, 1.807) is 12.1 Å². The van der Waals surface area contributed by atoms with E-state index in [0.29, 0.717) is 10.7 Å². The zero-order chi connectivity index (χ0) is 12.8. The number of hydrogen-bond donors (Lipinski definition) is 1. The maximum atomic E-state index is 8.82. The molecule has 0 aliphatic heterocycles. The Morgan fingerprint density at radius 3 is 2.65 bits per heavy atom. The number of aryl methyl sites for hydroxylation is 1. The number of aliphatic imine (C=N–C) groups is 1. The molecule has 0 saturated carbocycles. The molecule has 0 unspecified atom stereocenters. The molecule has 1 rings (SSSR count). The molecule has 6 heteroatoms. The summed E-state index contributed by atoms with van der Waals surface area (Å²) >= 11 is 4.72. The van der Waals surface area contributed by atoms with Crippen molar-refractivity contribution in [3.05, 3.63) is 27.7 Å². The van der Waals surface area contributed by atoms with Crippen molar-refractivity contribution < 1.29 is 0 Å². The van der Waals surface area contributed by atoms with Crippen LogP contribution in [0.5, 0.6) is 0 Å². The molecule has 0 amide bonds. The van der Waals surface area contributed by atoms with E-state index in [9.17, 15) is 0 Å². The van der Waals surface area contributed by atoms with Crippen LogP contribution in [0.3, 0.4) is 0 Å². The van der Waals surface area contributed by atoms with Gasteiger partial charge in [-0.05, 0) is 46.8 Å². The highest BCUT2D eigenvalue weighted by Crippen LogP contribution is 2.31.